The normalized spacial score (nSPS) is 14.8. The van der Waals surface area contributed by atoms with Crippen LogP contribution in [0.3, 0.4) is 0 Å². The number of nitrogens with zero attached hydrogens (tertiary/aromatic N) is 1. The second-order valence-corrected chi connectivity index (χ2v) is 8.38. The molecule has 0 spiro atoms. The number of hydrogen-bond donors (Lipinski definition) is 0. The maximum Gasteiger partial charge on any atom is 0.308 e. The molecule has 1 aliphatic rings. The summed E-state index contributed by atoms with van der Waals surface area (Å²) < 4.78 is 21.5. The number of allylic oxidation sites excluding steroid dienone is 1. The lowest BCUT2D eigenvalue weighted by Gasteiger charge is -2.30. The number of furan rings is 1. The molecule has 0 bridgehead atoms. The minimum atomic E-state index is -0.204. The van der Waals surface area contributed by atoms with Gasteiger partial charge in [0.05, 0.1) is 33.5 Å². The van der Waals surface area contributed by atoms with Gasteiger partial charge in [-0.3, -0.25) is 9.59 Å². The van der Waals surface area contributed by atoms with E-state index >= 15 is 0 Å². The Hall–Kier alpha value is -3.74. The molecule has 0 aliphatic carbocycles. The van der Waals surface area contributed by atoms with E-state index in [0.29, 0.717) is 37.3 Å². The van der Waals surface area contributed by atoms with E-state index in [1.165, 1.54) is 7.11 Å². The fraction of sp³-hybridized carbons (Fsp3) is 0.333. The van der Waals surface area contributed by atoms with Gasteiger partial charge in [0.15, 0.2) is 0 Å². The molecule has 0 radical (unpaired) electrons. The van der Waals surface area contributed by atoms with Crippen molar-refractivity contribution in [3.8, 4) is 22.6 Å². The summed E-state index contributed by atoms with van der Waals surface area (Å²) in [4.78, 5) is 26.5. The quantitative estimate of drug-likeness (QED) is 0.381. The maximum absolute atomic E-state index is 13.0. The number of amides is 1. The van der Waals surface area contributed by atoms with Crippen LogP contribution in [-0.4, -0.2) is 51.2 Å². The first-order valence-corrected chi connectivity index (χ1v) is 11.2. The average molecular weight is 464 g/mol. The predicted octanol–water partition coefficient (Wildman–Crippen LogP) is 4.93. The summed E-state index contributed by atoms with van der Waals surface area (Å²) in [5.41, 5.74) is 4.27. The maximum atomic E-state index is 13.0. The monoisotopic (exact) mass is 463 g/mol. The fourth-order valence-electron chi connectivity index (χ4n) is 4.38. The molecule has 3 aromatic rings. The molecule has 1 fully saturated rings. The van der Waals surface area contributed by atoms with E-state index in [4.69, 9.17) is 18.6 Å². The van der Waals surface area contributed by atoms with E-state index in [1.807, 2.05) is 43.3 Å². The van der Waals surface area contributed by atoms with Gasteiger partial charge in [0, 0.05) is 41.7 Å². The smallest absolute Gasteiger partial charge is 0.308 e. The number of fused-ring (bicyclic) bond motifs is 1. The van der Waals surface area contributed by atoms with Crippen molar-refractivity contribution in [3.63, 3.8) is 0 Å². The fourth-order valence-corrected chi connectivity index (χ4v) is 4.38. The Morgan fingerprint density at radius 1 is 1.03 bits per heavy atom. The van der Waals surface area contributed by atoms with Crippen LogP contribution in [0.5, 0.6) is 11.5 Å². The zero-order valence-electron chi connectivity index (χ0n) is 19.9. The van der Waals surface area contributed by atoms with E-state index < -0.39 is 0 Å². The van der Waals surface area contributed by atoms with Crippen LogP contribution in [0.1, 0.15) is 25.3 Å². The van der Waals surface area contributed by atoms with Crippen molar-refractivity contribution in [1.82, 2.24) is 4.90 Å². The molecule has 178 valence electrons. The van der Waals surface area contributed by atoms with Gasteiger partial charge in [-0.1, -0.05) is 12.1 Å². The van der Waals surface area contributed by atoms with Gasteiger partial charge in [-0.05, 0) is 49.1 Å². The SMILES string of the molecule is COC(=O)C1CCN(C(=O)/C=C(\C)c2cc3c(-c4ccc(OC)cc4)coc3cc2OC)CC1. The third kappa shape index (κ3) is 4.64. The Labute approximate surface area is 198 Å². The van der Waals surface area contributed by atoms with Crippen molar-refractivity contribution < 1.29 is 28.2 Å². The number of ether oxygens (including phenoxy) is 3. The topological polar surface area (TPSA) is 78.2 Å². The molecule has 7 heteroatoms. The van der Waals surface area contributed by atoms with Crippen LogP contribution >= 0.6 is 0 Å². The summed E-state index contributed by atoms with van der Waals surface area (Å²) >= 11 is 0. The standard InChI is InChI=1S/C27H29NO6/c1-17(13-26(29)28-11-9-19(10-12-28)27(30)33-4)21-14-22-23(16-34-25(22)15-24(21)32-3)18-5-7-20(31-2)8-6-18/h5-8,13-16,19H,9-12H2,1-4H3/b17-13+. The Bertz CT molecular complexity index is 1220. The third-order valence-electron chi connectivity index (χ3n) is 6.40. The Morgan fingerprint density at radius 3 is 2.35 bits per heavy atom. The van der Waals surface area contributed by atoms with Gasteiger partial charge in [0.2, 0.25) is 5.91 Å². The number of benzene rings is 2. The number of carbonyl (C=O) groups excluding carboxylic acids is 2. The average Bonchev–Trinajstić information content (AvgIpc) is 3.30. The highest BCUT2D eigenvalue weighted by Crippen LogP contribution is 2.38. The van der Waals surface area contributed by atoms with Crippen LogP contribution in [0, 0.1) is 5.92 Å². The summed E-state index contributed by atoms with van der Waals surface area (Å²) in [5, 5.41) is 0.931. The van der Waals surface area contributed by atoms with Crippen molar-refractivity contribution in [1.29, 1.82) is 0 Å². The number of likely N-dealkylation sites (tertiary alicyclic amines) is 1. The second kappa shape index (κ2) is 10.0. The molecule has 0 atom stereocenters. The first-order valence-electron chi connectivity index (χ1n) is 11.2. The van der Waals surface area contributed by atoms with Gasteiger partial charge in [0.25, 0.3) is 0 Å². The van der Waals surface area contributed by atoms with Crippen molar-refractivity contribution in [3.05, 3.63) is 54.3 Å². The number of methoxy groups -OCH3 is 3. The van der Waals surface area contributed by atoms with E-state index in [-0.39, 0.29) is 17.8 Å². The number of piperidine rings is 1. The van der Waals surface area contributed by atoms with Crippen LogP contribution < -0.4 is 9.47 Å². The summed E-state index contributed by atoms with van der Waals surface area (Å²) in [6.45, 7) is 2.96. The van der Waals surface area contributed by atoms with Crippen molar-refractivity contribution in [2.24, 2.45) is 5.92 Å². The molecule has 0 unspecified atom stereocenters. The molecule has 0 N–H and O–H groups in total. The van der Waals surface area contributed by atoms with Gasteiger partial charge in [-0.25, -0.2) is 0 Å². The van der Waals surface area contributed by atoms with E-state index in [2.05, 4.69) is 0 Å². The highest BCUT2D eigenvalue weighted by atomic mass is 16.5. The summed E-state index contributed by atoms with van der Waals surface area (Å²) in [6.07, 6.45) is 4.59. The molecular formula is C27H29NO6. The van der Waals surface area contributed by atoms with Crippen LogP contribution in [0.4, 0.5) is 0 Å². The summed E-state index contributed by atoms with van der Waals surface area (Å²) in [7, 11) is 4.64. The number of hydrogen-bond acceptors (Lipinski definition) is 6. The van der Waals surface area contributed by atoms with Crippen molar-refractivity contribution >= 4 is 28.4 Å². The third-order valence-corrected chi connectivity index (χ3v) is 6.40. The lowest BCUT2D eigenvalue weighted by molar-refractivity contribution is -0.148. The highest BCUT2D eigenvalue weighted by Gasteiger charge is 2.27. The molecular weight excluding hydrogens is 434 g/mol. The second-order valence-electron chi connectivity index (χ2n) is 8.38. The molecule has 2 heterocycles. The largest absolute Gasteiger partial charge is 0.497 e. The van der Waals surface area contributed by atoms with E-state index in [0.717, 1.165) is 33.4 Å². The van der Waals surface area contributed by atoms with E-state index in [1.54, 1.807) is 31.5 Å². The Kier molecular flexibility index (Phi) is 6.91. The van der Waals surface area contributed by atoms with Crippen LogP contribution in [0.2, 0.25) is 0 Å². The summed E-state index contributed by atoms with van der Waals surface area (Å²) in [5.74, 6) is 0.996. The Balaban J connectivity index is 1.61. The summed E-state index contributed by atoms with van der Waals surface area (Å²) in [6, 6.07) is 11.6. The predicted molar refractivity (Wildman–Crippen MR) is 130 cm³/mol. The van der Waals surface area contributed by atoms with E-state index in [9.17, 15) is 9.59 Å². The lowest BCUT2D eigenvalue weighted by atomic mass is 9.96. The van der Waals surface area contributed by atoms with Crippen LogP contribution in [0.15, 0.2) is 53.2 Å². The molecule has 0 saturated carbocycles. The van der Waals surface area contributed by atoms with Gasteiger partial charge in [-0.15, -0.1) is 0 Å². The van der Waals surface area contributed by atoms with Gasteiger partial charge >= 0.3 is 5.97 Å². The highest BCUT2D eigenvalue weighted by molar-refractivity contribution is 6.00. The first-order chi connectivity index (χ1) is 16.4. The Morgan fingerprint density at radius 2 is 1.74 bits per heavy atom. The minimum Gasteiger partial charge on any atom is -0.497 e. The molecule has 34 heavy (non-hydrogen) atoms. The number of carbonyl (C=O) groups is 2. The van der Waals surface area contributed by atoms with Crippen molar-refractivity contribution in [2.75, 3.05) is 34.4 Å². The molecule has 4 rings (SSSR count). The molecule has 1 aromatic heterocycles. The molecule has 2 aromatic carbocycles. The van der Waals surface area contributed by atoms with Gasteiger partial charge < -0.3 is 23.5 Å². The first kappa shape index (κ1) is 23.4. The van der Waals surface area contributed by atoms with Gasteiger partial charge in [0.1, 0.15) is 17.1 Å². The lowest BCUT2D eigenvalue weighted by Crippen LogP contribution is -2.39. The zero-order chi connectivity index (χ0) is 24.2. The molecule has 1 aliphatic heterocycles. The van der Waals surface area contributed by atoms with Gasteiger partial charge in [-0.2, -0.15) is 0 Å². The van der Waals surface area contributed by atoms with Crippen LogP contribution in [0.25, 0.3) is 27.7 Å². The van der Waals surface area contributed by atoms with Crippen LogP contribution in [-0.2, 0) is 14.3 Å². The zero-order valence-corrected chi connectivity index (χ0v) is 19.9. The van der Waals surface area contributed by atoms with Crippen molar-refractivity contribution in [2.45, 2.75) is 19.8 Å². The molecule has 1 saturated heterocycles. The molecule has 1 amide bonds. The number of rotatable bonds is 6. The number of esters is 1. The molecule has 7 nitrogen and oxygen atoms in total. The minimum absolute atomic E-state index is 0.0782.